The van der Waals surface area contributed by atoms with Crippen molar-refractivity contribution < 1.29 is 14.3 Å². The Hall–Kier alpha value is -2.91. The van der Waals surface area contributed by atoms with E-state index in [2.05, 4.69) is 15.3 Å². The highest BCUT2D eigenvalue weighted by Crippen LogP contribution is 2.24. The monoisotopic (exact) mass is 403 g/mol. The average molecular weight is 403 g/mol. The maximum Gasteiger partial charge on any atom is 0.347 e. The lowest BCUT2D eigenvalue weighted by Gasteiger charge is -1.99. The third kappa shape index (κ3) is 5.54. The lowest BCUT2D eigenvalue weighted by molar-refractivity contribution is 0.0701. The second kappa shape index (κ2) is 9.34. The van der Waals surface area contributed by atoms with E-state index < -0.39 is 5.97 Å². The van der Waals surface area contributed by atoms with Gasteiger partial charge in [-0.1, -0.05) is 19.1 Å². The van der Waals surface area contributed by atoms with Gasteiger partial charge in [0.15, 0.2) is 0 Å². The topological polar surface area (TPSA) is 107 Å². The molecule has 0 fully saturated rings. The fourth-order valence-corrected chi connectivity index (χ4v) is 3.01. The second-order valence-corrected chi connectivity index (χ2v) is 7.33. The van der Waals surface area contributed by atoms with Gasteiger partial charge in [-0.15, -0.1) is 16.4 Å². The number of nitrogens with two attached hydrogens (primary N) is 1. The van der Waals surface area contributed by atoms with Gasteiger partial charge in [0, 0.05) is 12.6 Å². The molecule has 0 saturated carbocycles. The van der Waals surface area contributed by atoms with Gasteiger partial charge < -0.3 is 10.8 Å². The Morgan fingerprint density at radius 3 is 2.43 bits per heavy atom. The zero-order valence-corrected chi connectivity index (χ0v) is 16.9. The number of thiazole rings is 1. The molecule has 3 aromatic rings. The number of hydrogen-bond donors (Lipinski definition) is 2. The van der Waals surface area contributed by atoms with Gasteiger partial charge in [-0.05, 0) is 49.4 Å². The van der Waals surface area contributed by atoms with Gasteiger partial charge in [-0.2, -0.15) is 0 Å². The summed E-state index contributed by atoms with van der Waals surface area (Å²) in [6, 6.07) is 6.32. The molecule has 0 bridgehead atoms. The number of carbonyl (C=O) groups is 1. The van der Waals surface area contributed by atoms with E-state index in [9.17, 15) is 9.18 Å². The molecule has 2 aromatic heterocycles. The van der Waals surface area contributed by atoms with Crippen molar-refractivity contribution in [3.05, 3.63) is 51.4 Å². The van der Waals surface area contributed by atoms with E-state index >= 15 is 0 Å². The quantitative estimate of drug-likeness (QED) is 0.689. The Bertz CT molecular complexity index is 974. The first kappa shape index (κ1) is 21.4. The van der Waals surface area contributed by atoms with E-state index in [1.54, 1.807) is 42.9 Å². The van der Waals surface area contributed by atoms with Gasteiger partial charge in [0.1, 0.15) is 21.4 Å². The molecule has 2 heterocycles. The predicted molar refractivity (Wildman–Crippen MR) is 108 cm³/mol. The van der Waals surface area contributed by atoms with Crippen LogP contribution in [0.4, 0.5) is 4.39 Å². The summed E-state index contributed by atoms with van der Waals surface area (Å²) in [5.74, 6) is -1.31. The molecule has 3 N–H and O–H groups in total. The first-order chi connectivity index (χ1) is 13.2. The Morgan fingerprint density at radius 1 is 1.29 bits per heavy atom. The molecule has 0 amide bonds. The van der Waals surface area contributed by atoms with E-state index in [-0.39, 0.29) is 10.7 Å². The Kier molecular flexibility index (Phi) is 7.13. The number of benzene rings is 1. The second-order valence-electron chi connectivity index (χ2n) is 6.30. The zero-order valence-electron chi connectivity index (χ0n) is 16.0. The number of rotatable bonds is 4. The Balaban J connectivity index is 0.000000640. The highest BCUT2D eigenvalue weighted by molar-refractivity contribution is 7.14. The number of hydrogen-bond acceptors (Lipinski definition) is 6. The molecule has 28 heavy (non-hydrogen) atoms. The summed E-state index contributed by atoms with van der Waals surface area (Å²) in [6.07, 6.45) is 3.48. The van der Waals surface area contributed by atoms with Gasteiger partial charge in [-0.25, -0.2) is 18.9 Å². The van der Waals surface area contributed by atoms with Gasteiger partial charge in [0.2, 0.25) is 0 Å². The van der Waals surface area contributed by atoms with Crippen molar-refractivity contribution in [1.29, 1.82) is 0 Å². The van der Waals surface area contributed by atoms with E-state index in [0.29, 0.717) is 28.1 Å². The van der Waals surface area contributed by atoms with Crippen LogP contribution in [0.25, 0.3) is 23.4 Å². The molecule has 148 valence electrons. The van der Waals surface area contributed by atoms with Crippen LogP contribution in [-0.4, -0.2) is 37.1 Å². The number of carboxylic acid groups (broad SMARTS) is 1. The molecule has 0 atom stereocenters. The molecule has 0 aliphatic carbocycles. The largest absolute Gasteiger partial charge is 0.477 e. The van der Waals surface area contributed by atoms with Crippen LogP contribution in [0.5, 0.6) is 0 Å². The molecule has 0 radical (unpaired) electrons. The molecule has 1 aromatic carbocycles. The van der Waals surface area contributed by atoms with Gasteiger partial charge in [0.25, 0.3) is 0 Å². The van der Waals surface area contributed by atoms with Crippen molar-refractivity contribution >= 4 is 29.5 Å². The Labute approximate surface area is 166 Å². The summed E-state index contributed by atoms with van der Waals surface area (Å²) in [5.41, 5.74) is 7.66. The van der Waals surface area contributed by atoms with Crippen LogP contribution in [0.2, 0.25) is 0 Å². The fraction of sp³-hybridized carbons (Fsp3) is 0.263. The number of carboxylic acids is 1. The maximum absolute atomic E-state index is 13.1. The Morgan fingerprint density at radius 2 is 1.89 bits per heavy atom. The van der Waals surface area contributed by atoms with Crippen LogP contribution in [-0.2, 0) is 7.05 Å². The summed E-state index contributed by atoms with van der Waals surface area (Å²) < 4.78 is 14.7. The third-order valence-electron chi connectivity index (χ3n) is 3.38. The van der Waals surface area contributed by atoms with Gasteiger partial charge in [-0.3, -0.25) is 0 Å². The zero-order chi connectivity index (χ0) is 20.8. The van der Waals surface area contributed by atoms with Gasteiger partial charge in [0.05, 0.1) is 11.4 Å². The smallest absolute Gasteiger partial charge is 0.347 e. The van der Waals surface area contributed by atoms with E-state index in [1.807, 2.05) is 13.8 Å². The van der Waals surface area contributed by atoms with Crippen LogP contribution in [0.3, 0.4) is 0 Å². The molecule has 3 rings (SSSR count). The number of aryl methyl sites for hydroxylation is 2. The lowest BCUT2D eigenvalue weighted by Crippen LogP contribution is -2.06. The number of halogens is 1. The summed E-state index contributed by atoms with van der Waals surface area (Å²) >= 11 is 1.10. The van der Waals surface area contributed by atoms with Crippen molar-refractivity contribution in [2.45, 2.75) is 26.8 Å². The van der Waals surface area contributed by atoms with Crippen LogP contribution in [0, 0.1) is 12.7 Å². The number of nitrogens with zero attached hydrogens (tertiary/aromatic N) is 4. The summed E-state index contributed by atoms with van der Waals surface area (Å²) in [6.45, 7) is 5.55. The standard InChI is InChI=1S/C16H13FN4O2S.C3H9N/c1-9-15(16(22)23)24-13(18-9)8-7-12-14(19-20-21(12)2)10-3-5-11(17)6-4-10;1-3(2)4/h3-8H,1-2H3,(H,22,23);3H,4H2,1-2H3/b8-7+;. The minimum atomic E-state index is -0.987. The van der Waals surface area contributed by atoms with Crippen LogP contribution < -0.4 is 5.73 Å². The van der Waals surface area contributed by atoms with Crippen molar-refractivity contribution in [3.63, 3.8) is 0 Å². The molecule has 0 spiro atoms. The van der Waals surface area contributed by atoms with E-state index in [4.69, 9.17) is 10.8 Å². The van der Waals surface area contributed by atoms with Crippen LogP contribution in [0.1, 0.15) is 39.9 Å². The average Bonchev–Trinajstić information content (AvgIpc) is 3.16. The van der Waals surface area contributed by atoms with Crippen LogP contribution >= 0.6 is 11.3 Å². The van der Waals surface area contributed by atoms with Crippen molar-refractivity contribution in [1.82, 2.24) is 20.0 Å². The van der Waals surface area contributed by atoms with Crippen molar-refractivity contribution in [2.24, 2.45) is 12.8 Å². The normalized spacial score (nSPS) is 11.0. The van der Waals surface area contributed by atoms with Gasteiger partial charge >= 0.3 is 5.97 Å². The fourth-order valence-electron chi connectivity index (χ4n) is 2.20. The first-order valence-electron chi connectivity index (χ1n) is 8.49. The molecule has 0 aliphatic heterocycles. The van der Waals surface area contributed by atoms with Crippen molar-refractivity contribution in [2.75, 3.05) is 0 Å². The maximum atomic E-state index is 13.1. The molecular formula is C19H22FN5O2S. The highest BCUT2D eigenvalue weighted by Gasteiger charge is 2.14. The summed E-state index contributed by atoms with van der Waals surface area (Å²) in [5, 5.41) is 17.8. The lowest BCUT2D eigenvalue weighted by atomic mass is 10.1. The first-order valence-corrected chi connectivity index (χ1v) is 9.30. The molecule has 9 heteroatoms. The minimum absolute atomic E-state index is 0.219. The van der Waals surface area contributed by atoms with Crippen LogP contribution in [0.15, 0.2) is 24.3 Å². The SMILES string of the molecule is CC(C)N.Cc1nc(/C=C/c2c(-c3ccc(F)cc3)nnn2C)sc1C(=O)O. The molecule has 0 saturated heterocycles. The van der Waals surface area contributed by atoms with Crippen molar-refractivity contribution in [3.8, 4) is 11.3 Å². The minimum Gasteiger partial charge on any atom is -0.477 e. The molecule has 0 aliphatic rings. The summed E-state index contributed by atoms with van der Waals surface area (Å²) in [7, 11) is 1.75. The van der Waals surface area contributed by atoms with E-state index in [1.165, 1.54) is 12.1 Å². The molecular weight excluding hydrogens is 381 g/mol. The number of aromatic nitrogens is 4. The molecule has 0 unspecified atom stereocenters. The summed E-state index contributed by atoms with van der Waals surface area (Å²) in [4.78, 5) is 15.5. The third-order valence-corrected chi connectivity index (χ3v) is 4.49. The van der Waals surface area contributed by atoms with E-state index in [0.717, 1.165) is 16.9 Å². The predicted octanol–water partition coefficient (Wildman–Crippen LogP) is 3.61. The highest BCUT2D eigenvalue weighted by atomic mass is 32.1. The number of aromatic carboxylic acids is 1. The molecule has 7 nitrogen and oxygen atoms in total.